The molecule has 6 heteroatoms. The monoisotopic (exact) mass is 378 g/mol. The second-order valence-electron chi connectivity index (χ2n) is 6.61. The molecule has 0 saturated heterocycles. The van der Waals surface area contributed by atoms with Crippen molar-refractivity contribution in [3.05, 3.63) is 95.1 Å². The summed E-state index contributed by atoms with van der Waals surface area (Å²) in [5, 5.41) is 22.0. The van der Waals surface area contributed by atoms with Gasteiger partial charge in [-0.15, -0.1) is 0 Å². The Balaban J connectivity index is 2.44. The quantitative estimate of drug-likeness (QED) is 0.685. The summed E-state index contributed by atoms with van der Waals surface area (Å²) in [5.74, 6) is -1.74. The second kappa shape index (κ2) is 7.50. The van der Waals surface area contributed by atoms with E-state index in [1.165, 1.54) is 7.11 Å². The molecule has 28 heavy (non-hydrogen) atoms. The summed E-state index contributed by atoms with van der Waals surface area (Å²) < 4.78 is 5.86. The standard InChI is InChI=1S/C22H22N2O4/c1-15-14-16(2)24-19(23-15)21(27,20(25)26)22(28-3,17-10-6-4-7-11-17)18-12-8-5-9-13-18/h4-14,27H,1-3H3,(H,25,26)/t21-/m1/s1. The molecule has 0 radical (unpaired) electrons. The summed E-state index contributed by atoms with van der Waals surface area (Å²) in [6, 6.07) is 19.2. The summed E-state index contributed by atoms with van der Waals surface area (Å²) in [6.07, 6.45) is 0. The second-order valence-corrected chi connectivity index (χ2v) is 6.61. The zero-order chi connectivity index (χ0) is 20.4. The van der Waals surface area contributed by atoms with Crippen LogP contribution in [-0.4, -0.2) is 33.3 Å². The molecule has 0 bridgehead atoms. The number of ether oxygens (including phenoxy) is 1. The first-order chi connectivity index (χ1) is 13.4. The summed E-state index contributed by atoms with van der Waals surface area (Å²) in [7, 11) is 1.37. The Hall–Kier alpha value is -3.09. The molecule has 0 aliphatic carbocycles. The maximum absolute atomic E-state index is 12.6. The number of aryl methyl sites for hydroxylation is 2. The van der Waals surface area contributed by atoms with Gasteiger partial charge >= 0.3 is 5.97 Å². The molecule has 0 saturated carbocycles. The molecular formula is C22H22N2O4. The molecule has 3 rings (SSSR count). The average molecular weight is 378 g/mol. The first kappa shape index (κ1) is 19.7. The third-order valence-corrected chi connectivity index (χ3v) is 4.79. The van der Waals surface area contributed by atoms with E-state index in [9.17, 15) is 15.0 Å². The van der Waals surface area contributed by atoms with Crippen LogP contribution in [0.5, 0.6) is 0 Å². The van der Waals surface area contributed by atoms with E-state index >= 15 is 0 Å². The predicted molar refractivity (Wildman–Crippen MR) is 104 cm³/mol. The number of aliphatic carboxylic acids is 1. The molecular weight excluding hydrogens is 356 g/mol. The lowest BCUT2D eigenvalue weighted by Gasteiger charge is -2.43. The molecule has 2 aromatic carbocycles. The normalized spacial score (nSPS) is 13.7. The lowest BCUT2D eigenvalue weighted by Crippen LogP contribution is -2.57. The van der Waals surface area contributed by atoms with E-state index in [4.69, 9.17) is 4.74 Å². The molecule has 0 fully saturated rings. The van der Waals surface area contributed by atoms with Crippen molar-refractivity contribution < 1.29 is 19.7 Å². The molecule has 0 spiro atoms. The Labute approximate surface area is 163 Å². The minimum absolute atomic E-state index is 0.230. The number of carboxylic acids is 1. The van der Waals surface area contributed by atoms with Gasteiger partial charge in [-0.05, 0) is 31.0 Å². The molecule has 3 aromatic rings. The number of hydrogen-bond donors (Lipinski definition) is 2. The van der Waals surface area contributed by atoms with Crippen molar-refractivity contribution in [1.82, 2.24) is 9.97 Å². The van der Waals surface area contributed by atoms with Crippen LogP contribution in [0.4, 0.5) is 0 Å². The van der Waals surface area contributed by atoms with Crippen LogP contribution in [0.15, 0.2) is 66.7 Å². The topological polar surface area (TPSA) is 92.5 Å². The summed E-state index contributed by atoms with van der Waals surface area (Å²) in [6.45, 7) is 3.44. The van der Waals surface area contributed by atoms with E-state index in [1.54, 1.807) is 68.4 Å². The lowest BCUT2D eigenvalue weighted by molar-refractivity contribution is -0.199. The van der Waals surface area contributed by atoms with Crippen LogP contribution in [0.2, 0.25) is 0 Å². The minimum Gasteiger partial charge on any atom is -0.479 e. The van der Waals surface area contributed by atoms with Gasteiger partial charge in [0.15, 0.2) is 11.4 Å². The van der Waals surface area contributed by atoms with Gasteiger partial charge < -0.3 is 14.9 Å². The van der Waals surface area contributed by atoms with Crippen LogP contribution < -0.4 is 0 Å². The highest BCUT2D eigenvalue weighted by Crippen LogP contribution is 2.47. The summed E-state index contributed by atoms with van der Waals surface area (Å²) >= 11 is 0. The van der Waals surface area contributed by atoms with E-state index in [2.05, 4.69) is 9.97 Å². The van der Waals surface area contributed by atoms with E-state index in [1.807, 2.05) is 12.1 Å². The maximum Gasteiger partial charge on any atom is 0.347 e. The number of benzene rings is 2. The van der Waals surface area contributed by atoms with Crippen molar-refractivity contribution in [3.63, 3.8) is 0 Å². The van der Waals surface area contributed by atoms with E-state index in [0.29, 0.717) is 22.5 Å². The third-order valence-electron chi connectivity index (χ3n) is 4.79. The average Bonchev–Trinajstić information content (AvgIpc) is 2.69. The van der Waals surface area contributed by atoms with E-state index < -0.39 is 17.2 Å². The fourth-order valence-corrected chi connectivity index (χ4v) is 3.60. The van der Waals surface area contributed by atoms with Gasteiger partial charge in [0.2, 0.25) is 0 Å². The number of nitrogens with zero attached hydrogens (tertiary/aromatic N) is 2. The van der Waals surface area contributed by atoms with Gasteiger partial charge in [0.05, 0.1) is 0 Å². The SMILES string of the molecule is COC(c1ccccc1)(c1ccccc1)[C@](O)(C(=O)O)c1nc(C)cc(C)n1. The van der Waals surface area contributed by atoms with Crippen molar-refractivity contribution in [1.29, 1.82) is 0 Å². The highest BCUT2D eigenvalue weighted by atomic mass is 16.5. The number of rotatable bonds is 6. The van der Waals surface area contributed by atoms with Crippen molar-refractivity contribution in [3.8, 4) is 0 Å². The van der Waals surface area contributed by atoms with Crippen molar-refractivity contribution in [2.75, 3.05) is 7.11 Å². The van der Waals surface area contributed by atoms with Crippen LogP contribution in [-0.2, 0) is 20.7 Å². The Morgan fingerprint density at radius 2 is 1.32 bits per heavy atom. The molecule has 1 heterocycles. The van der Waals surface area contributed by atoms with Crippen molar-refractivity contribution in [2.45, 2.75) is 25.0 Å². The zero-order valence-corrected chi connectivity index (χ0v) is 16.0. The van der Waals surface area contributed by atoms with Gasteiger partial charge in [-0.2, -0.15) is 0 Å². The Bertz CT molecular complexity index is 917. The Kier molecular flexibility index (Phi) is 5.27. The number of aromatic nitrogens is 2. The van der Waals surface area contributed by atoms with Crippen LogP contribution >= 0.6 is 0 Å². The van der Waals surface area contributed by atoms with Gasteiger partial charge in [0.25, 0.3) is 5.60 Å². The maximum atomic E-state index is 12.6. The Morgan fingerprint density at radius 3 is 1.68 bits per heavy atom. The highest BCUT2D eigenvalue weighted by molar-refractivity contribution is 5.81. The van der Waals surface area contributed by atoms with Crippen molar-refractivity contribution in [2.24, 2.45) is 0 Å². The molecule has 2 N–H and O–H groups in total. The number of carbonyl (C=O) groups is 1. The van der Waals surface area contributed by atoms with E-state index in [0.717, 1.165) is 0 Å². The van der Waals surface area contributed by atoms with E-state index in [-0.39, 0.29) is 5.82 Å². The summed E-state index contributed by atoms with van der Waals surface area (Å²) in [4.78, 5) is 21.1. The first-order valence-corrected chi connectivity index (χ1v) is 8.81. The molecule has 0 amide bonds. The van der Waals surface area contributed by atoms with Crippen molar-refractivity contribution >= 4 is 5.97 Å². The molecule has 0 unspecified atom stereocenters. The fraction of sp³-hybridized carbons (Fsp3) is 0.227. The number of hydrogen-bond acceptors (Lipinski definition) is 5. The molecule has 6 nitrogen and oxygen atoms in total. The van der Waals surface area contributed by atoms with Crippen LogP contribution in [0, 0.1) is 13.8 Å². The predicted octanol–water partition coefficient (Wildman–Crippen LogP) is 2.96. The number of aliphatic hydroxyl groups is 1. The number of carboxylic acid groups (broad SMARTS) is 1. The lowest BCUT2D eigenvalue weighted by atomic mass is 9.71. The van der Waals surface area contributed by atoms with Gasteiger partial charge in [0.1, 0.15) is 0 Å². The third kappa shape index (κ3) is 2.96. The van der Waals surface area contributed by atoms with Gasteiger partial charge in [0, 0.05) is 18.5 Å². The molecule has 0 aliphatic heterocycles. The minimum atomic E-state index is -2.58. The van der Waals surface area contributed by atoms with Gasteiger partial charge in [-0.25, -0.2) is 14.8 Å². The van der Waals surface area contributed by atoms with Gasteiger partial charge in [-0.3, -0.25) is 0 Å². The van der Waals surface area contributed by atoms with Crippen LogP contribution in [0.25, 0.3) is 0 Å². The van der Waals surface area contributed by atoms with Gasteiger partial charge in [-0.1, -0.05) is 60.7 Å². The summed E-state index contributed by atoms with van der Waals surface area (Å²) in [5.41, 5.74) is -2.32. The number of methoxy groups -OCH3 is 1. The Morgan fingerprint density at radius 1 is 0.893 bits per heavy atom. The largest absolute Gasteiger partial charge is 0.479 e. The van der Waals surface area contributed by atoms with Crippen LogP contribution in [0.1, 0.15) is 28.3 Å². The molecule has 144 valence electrons. The molecule has 1 atom stereocenters. The molecule has 0 aliphatic rings. The van der Waals surface area contributed by atoms with Crippen LogP contribution in [0.3, 0.4) is 0 Å². The molecule has 1 aromatic heterocycles. The smallest absolute Gasteiger partial charge is 0.347 e. The highest BCUT2D eigenvalue weighted by Gasteiger charge is 2.62. The zero-order valence-electron chi connectivity index (χ0n) is 16.0. The first-order valence-electron chi connectivity index (χ1n) is 8.81. The fourth-order valence-electron chi connectivity index (χ4n) is 3.60.